The summed E-state index contributed by atoms with van der Waals surface area (Å²) in [6.45, 7) is 0. The lowest BCUT2D eigenvalue weighted by Crippen LogP contribution is -2.27. The maximum absolute atomic E-state index is 11.5. The van der Waals surface area contributed by atoms with Crippen molar-refractivity contribution in [2.24, 2.45) is 5.73 Å². The quantitative estimate of drug-likeness (QED) is 0.717. The Kier molecular flexibility index (Phi) is 2.41. The number of hydrogen-bond donors (Lipinski definition) is 1. The van der Waals surface area contributed by atoms with Gasteiger partial charge in [-0.25, -0.2) is 0 Å². The Hall–Kier alpha value is -1.84. The van der Waals surface area contributed by atoms with Gasteiger partial charge in [0.2, 0.25) is 0 Å². The van der Waals surface area contributed by atoms with Crippen molar-refractivity contribution >= 4 is 11.9 Å². The lowest BCUT2D eigenvalue weighted by atomic mass is 9.96. The lowest BCUT2D eigenvalue weighted by Gasteiger charge is -2.03. The van der Waals surface area contributed by atoms with E-state index >= 15 is 0 Å². The van der Waals surface area contributed by atoms with Gasteiger partial charge in [-0.05, 0) is 5.56 Å². The van der Waals surface area contributed by atoms with Gasteiger partial charge in [0.1, 0.15) is 0 Å². The molecule has 2 unspecified atom stereocenters. The predicted octanol–water partition coefficient (Wildman–Crippen LogP) is 0.571. The van der Waals surface area contributed by atoms with Crippen molar-refractivity contribution in [3.8, 4) is 0 Å². The van der Waals surface area contributed by atoms with E-state index in [0.29, 0.717) is 6.42 Å². The monoisotopic (exact) mass is 205 g/mol. The van der Waals surface area contributed by atoms with Gasteiger partial charge in [0.25, 0.3) is 5.91 Å². The first kappa shape index (κ1) is 9.71. The molecule has 1 aliphatic heterocycles. The molecular formula is C11H11NO3. The number of nitrogens with two attached hydrogens (primary N) is 1. The van der Waals surface area contributed by atoms with Crippen molar-refractivity contribution in [3.63, 3.8) is 0 Å². The zero-order valence-corrected chi connectivity index (χ0v) is 8.05. The highest BCUT2D eigenvalue weighted by atomic mass is 16.6. The maximum atomic E-state index is 11.5. The molecule has 15 heavy (non-hydrogen) atoms. The van der Waals surface area contributed by atoms with Crippen molar-refractivity contribution in [1.82, 2.24) is 0 Å². The van der Waals surface area contributed by atoms with E-state index in [9.17, 15) is 9.59 Å². The van der Waals surface area contributed by atoms with E-state index in [0.717, 1.165) is 5.56 Å². The summed E-state index contributed by atoms with van der Waals surface area (Å²) in [6, 6.07) is 9.25. The minimum absolute atomic E-state index is 0.345. The summed E-state index contributed by atoms with van der Waals surface area (Å²) in [5, 5.41) is 0. The Balaban J connectivity index is 2.19. The Labute approximate surface area is 87.0 Å². The summed E-state index contributed by atoms with van der Waals surface area (Å²) in [4.78, 5) is 22.3. The van der Waals surface area contributed by atoms with Crippen LogP contribution in [0.3, 0.4) is 0 Å². The van der Waals surface area contributed by atoms with Crippen LogP contribution >= 0.6 is 0 Å². The van der Waals surface area contributed by atoms with Crippen LogP contribution in [0.15, 0.2) is 30.3 Å². The third kappa shape index (κ3) is 1.83. The van der Waals surface area contributed by atoms with E-state index in [1.807, 2.05) is 30.3 Å². The molecule has 2 atom stereocenters. The molecule has 0 spiro atoms. The number of carbonyl (C=O) groups is 2. The minimum atomic E-state index is -0.775. The molecule has 2 rings (SSSR count). The average molecular weight is 205 g/mol. The van der Waals surface area contributed by atoms with Crippen LogP contribution in [0.2, 0.25) is 0 Å². The van der Waals surface area contributed by atoms with Gasteiger partial charge < -0.3 is 10.5 Å². The molecule has 1 aromatic carbocycles. The third-order valence-corrected chi connectivity index (χ3v) is 2.51. The molecule has 78 valence electrons. The number of carbonyl (C=O) groups excluding carboxylic acids is 2. The Bertz CT molecular complexity index is 388. The van der Waals surface area contributed by atoms with E-state index in [4.69, 9.17) is 10.5 Å². The zero-order chi connectivity index (χ0) is 10.8. The van der Waals surface area contributed by atoms with Crippen LogP contribution in [0, 0.1) is 0 Å². The molecule has 0 aliphatic carbocycles. The largest absolute Gasteiger partial charge is 0.452 e. The molecule has 0 saturated carbocycles. The Morgan fingerprint density at radius 3 is 2.53 bits per heavy atom. The normalized spacial score (nSPS) is 24.9. The number of benzene rings is 1. The van der Waals surface area contributed by atoms with Crippen LogP contribution in [-0.2, 0) is 14.3 Å². The topological polar surface area (TPSA) is 69.4 Å². The molecule has 1 fully saturated rings. The average Bonchev–Trinajstić information content (AvgIpc) is 2.62. The Morgan fingerprint density at radius 2 is 2.00 bits per heavy atom. The first-order valence-electron chi connectivity index (χ1n) is 4.73. The van der Waals surface area contributed by atoms with Gasteiger partial charge in [-0.15, -0.1) is 0 Å². The van der Waals surface area contributed by atoms with Crippen molar-refractivity contribution in [1.29, 1.82) is 0 Å². The third-order valence-electron chi connectivity index (χ3n) is 2.51. The summed E-state index contributed by atoms with van der Waals surface area (Å²) in [5.74, 6) is -1.31. The SMILES string of the molecule is NC(=O)C1CC(c2ccccc2)C(=O)O1. The standard InChI is InChI=1S/C11H11NO3/c12-10(13)9-6-8(11(14)15-9)7-4-2-1-3-5-7/h1-5,8-9H,6H2,(H2,12,13). The molecule has 1 aliphatic rings. The van der Waals surface area contributed by atoms with Gasteiger partial charge in [0.05, 0.1) is 5.92 Å². The number of cyclic esters (lactones) is 1. The summed E-state index contributed by atoms with van der Waals surface area (Å²) in [6.07, 6.45) is -0.430. The molecule has 0 radical (unpaired) electrons. The number of amides is 1. The fourth-order valence-electron chi connectivity index (χ4n) is 1.71. The number of primary amides is 1. The first-order chi connectivity index (χ1) is 7.18. The molecule has 1 aromatic rings. The lowest BCUT2D eigenvalue weighted by molar-refractivity contribution is -0.147. The van der Waals surface area contributed by atoms with Gasteiger partial charge in [0.15, 0.2) is 6.10 Å². The van der Waals surface area contributed by atoms with Gasteiger partial charge in [0, 0.05) is 6.42 Å². The molecule has 1 amide bonds. The maximum Gasteiger partial charge on any atom is 0.314 e. The van der Waals surface area contributed by atoms with E-state index in [-0.39, 0.29) is 11.9 Å². The molecule has 1 saturated heterocycles. The second-order valence-electron chi connectivity index (χ2n) is 3.53. The van der Waals surface area contributed by atoms with Gasteiger partial charge in [-0.2, -0.15) is 0 Å². The number of hydrogen-bond acceptors (Lipinski definition) is 3. The number of esters is 1. The minimum Gasteiger partial charge on any atom is -0.452 e. The molecule has 4 heteroatoms. The highest BCUT2D eigenvalue weighted by Gasteiger charge is 2.38. The molecular weight excluding hydrogens is 194 g/mol. The van der Waals surface area contributed by atoms with Crippen molar-refractivity contribution in [3.05, 3.63) is 35.9 Å². The predicted molar refractivity (Wildman–Crippen MR) is 52.9 cm³/mol. The van der Waals surface area contributed by atoms with Gasteiger partial charge >= 0.3 is 5.97 Å². The highest BCUT2D eigenvalue weighted by Crippen LogP contribution is 2.30. The molecule has 0 aromatic heterocycles. The first-order valence-corrected chi connectivity index (χ1v) is 4.73. The van der Waals surface area contributed by atoms with Crippen LogP contribution in [0.5, 0.6) is 0 Å². The smallest absolute Gasteiger partial charge is 0.314 e. The molecule has 0 bridgehead atoms. The number of rotatable bonds is 2. The van der Waals surface area contributed by atoms with E-state index < -0.39 is 12.0 Å². The Morgan fingerprint density at radius 1 is 1.33 bits per heavy atom. The second kappa shape index (κ2) is 3.73. The summed E-state index contributed by atoms with van der Waals surface area (Å²) in [7, 11) is 0. The van der Waals surface area contributed by atoms with Crippen LogP contribution in [0.4, 0.5) is 0 Å². The fourth-order valence-corrected chi connectivity index (χ4v) is 1.71. The summed E-state index contributed by atoms with van der Waals surface area (Å²) < 4.78 is 4.88. The van der Waals surface area contributed by atoms with Crippen LogP contribution in [0.1, 0.15) is 17.9 Å². The van der Waals surface area contributed by atoms with E-state index in [2.05, 4.69) is 0 Å². The van der Waals surface area contributed by atoms with Gasteiger partial charge in [-0.3, -0.25) is 9.59 Å². The van der Waals surface area contributed by atoms with Crippen molar-refractivity contribution < 1.29 is 14.3 Å². The van der Waals surface area contributed by atoms with Crippen molar-refractivity contribution in [2.45, 2.75) is 18.4 Å². The second-order valence-corrected chi connectivity index (χ2v) is 3.53. The number of ether oxygens (including phenoxy) is 1. The zero-order valence-electron chi connectivity index (χ0n) is 8.05. The summed E-state index contributed by atoms with van der Waals surface area (Å²) in [5.41, 5.74) is 5.95. The van der Waals surface area contributed by atoms with Crippen LogP contribution in [0.25, 0.3) is 0 Å². The van der Waals surface area contributed by atoms with E-state index in [1.54, 1.807) is 0 Å². The fraction of sp³-hybridized carbons (Fsp3) is 0.273. The van der Waals surface area contributed by atoms with Crippen molar-refractivity contribution in [2.75, 3.05) is 0 Å². The highest BCUT2D eigenvalue weighted by molar-refractivity contribution is 5.88. The van der Waals surface area contributed by atoms with Crippen LogP contribution < -0.4 is 5.73 Å². The molecule has 1 heterocycles. The molecule has 2 N–H and O–H groups in total. The van der Waals surface area contributed by atoms with Gasteiger partial charge in [-0.1, -0.05) is 30.3 Å². The van der Waals surface area contributed by atoms with Crippen LogP contribution in [-0.4, -0.2) is 18.0 Å². The molecule has 4 nitrogen and oxygen atoms in total. The van der Waals surface area contributed by atoms with E-state index in [1.165, 1.54) is 0 Å². The summed E-state index contributed by atoms with van der Waals surface area (Å²) >= 11 is 0.